The number of para-hydroxylation sites is 1. The van der Waals surface area contributed by atoms with Crippen molar-refractivity contribution in [2.45, 2.75) is 140 Å². The van der Waals surface area contributed by atoms with Crippen molar-refractivity contribution in [1.29, 1.82) is 0 Å². The second kappa shape index (κ2) is 32.6. The molecule has 3 aliphatic rings. The van der Waals surface area contributed by atoms with Crippen LogP contribution < -0.4 is 58.1 Å². The van der Waals surface area contributed by atoms with Crippen molar-refractivity contribution < 1.29 is 66.1 Å². The summed E-state index contributed by atoms with van der Waals surface area (Å²) >= 11 is 5.80. The molecule has 6 atom stereocenters. The number of nitrogens with one attached hydrogen (secondary N) is 11. The number of carbonyl (C=O) groups excluding carboxylic acids is 8. The van der Waals surface area contributed by atoms with E-state index >= 15 is 0 Å². The molecule has 0 spiro atoms. The fraction of sp³-hybridized carbons (Fsp3) is 0.366. The molecule has 6 heterocycles. The molecule has 12 N–H and O–H groups in total. The van der Waals surface area contributed by atoms with Crippen LogP contribution in [0.3, 0.4) is 0 Å². The van der Waals surface area contributed by atoms with Crippen LogP contribution in [0.1, 0.15) is 114 Å². The monoisotopic (exact) mass is 1450 g/mol. The van der Waals surface area contributed by atoms with E-state index in [2.05, 4.69) is 62.5 Å². The van der Waals surface area contributed by atoms with Gasteiger partial charge in [-0.05, 0) is 135 Å². The standard InChI is InChI=1S/C71H81N15O15S2/c1-7-25-73-68(96)77-46-16-12-18-49(30-46)103(98,99)84-47-17-11-15-42(29-47)53(33-59(88)89)82-69(97)76-44-21-23-45(24-22-44)78-70(102)85-26-13-20-56(85)64(92)81-54(27-39(3)4)62(90)74-35-58(87)79-55(31-48-34-72-38-75-48)63(91)83-60(40(5)6)66(94)101-71(8-2)51-32-57-61-43(28-41-14-9-10-19-52(41)80-61)36-86(57)65(93)50(51)37-100-67(71)95/h9-12,14-19,21-24,28-30,32,34,38-40,53-56,60,84H,7-8,13,20,25-27,31,33,35-37H2,1-6H3,(H,72,75)(H,74,90)(H,78,102)(H,79,87)(H,81,92)(H,83,91)(H,88,89)(H2,73,77,96)(H2,76,82,97)/t53?,54-,55+,56+,60+,71+/m0/s1. The topological polar surface area (TPSA) is 414 Å². The van der Waals surface area contributed by atoms with Gasteiger partial charge in [0.1, 0.15) is 30.8 Å². The fourth-order valence-electron chi connectivity index (χ4n) is 12.5. The Bertz CT molecular complexity index is 4590. The first-order valence-corrected chi connectivity index (χ1v) is 35.6. The molecule has 32 heteroatoms. The number of ether oxygens (including phenoxy) is 2. The smallest absolute Gasteiger partial charge is 0.355 e. The molecule has 0 saturated carbocycles. The molecule has 1 saturated heterocycles. The number of esters is 2. The lowest BCUT2D eigenvalue weighted by atomic mass is 9.85. The van der Waals surface area contributed by atoms with Crippen LogP contribution in [0.4, 0.5) is 32.3 Å². The van der Waals surface area contributed by atoms with E-state index in [1.807, 2.05) is 51.1 Å². The van der Waals surface area contributed by atoms with Crippen LogP contribution in [0, 0.1) is 11.8 Å². The molecule has 4 aromatic carbocycles. The summed E-state index contributed by atoms with van der Waals surface area (Å²) in [6, 6.07) is 21.8. The van der Waals surface area contributed by atoms with Crippen LogP contribution in [0.2, 0.25) is 0 Å². The van der Waals surface area contributed by atoms with E-state index in [1.54, 1.807) is 60.6 Å². The van der Waals surface area contributed by atoms with E-state index in [0.717, 1.165) is 10.9 Å². The van der Waals surface area contributed by atoms with Gasteiger partial charge in [0.15, 0.2) is 5.11 Å². The Morgan fingerprint density at radius 2 is 1.52 bits per heavy atom. The number of sulfonamides is 1. The number of thiocarbonyl (C=S) groups is 1. The summed E-state index contributed by atoms with van der Waals surface area (Å²) in [4.78, 5) is 150. The number of rotatable bonds is 28. The van der Waals surface area contributed by atoms with Gasteiger partial charge >= 0.3 is 30.0 Å². The first-order valence-electron chi connectivity index (χ1n) is 33.7. The van der Waals surface area contributed by atoms with E-state index < -0.39 is 124 Å². The van der Waals surface area contributed by atoms with Crippen LogP contribution in [0.5, 0.6) is 0 Å². The summed E-state index contributed by atoms with van der Waals surface area (Å²) in [5, 5.41) is 35.4. The average Bonchev–Trinajstić information content (AvgIpc) is 1.66. The number of amides is 8. The minimum absolute atomic E-state index is 0.0757. The number of benzene rings is 4. The number of fused-ring (bicyclic) bond motifs is 5. The summed E-state index contributed by atoms with van der Waals surface area (Å²) in [7, 11) is -4.21. The molecule has 3 aromatic heterocycles. The number of hydrogen-bond acceptors (Lipinski definition) is 17. The lowest BCUT2D eigenvalue weighted by Gasteiger charge is -2.37. The van der Waals surface area contributed by atoms with Crippen LogP contribution >= 0.6 is 12.2 Å². The van der Waals surface area contributed by atoms with Crippen LogP contribution in [0.25, 0.3) is 22.3 Å². The van der Waals surface area contributed by atoms with E-state index in [0.29, 0.717) is 66.3 Å². The van der Waals surface area contributed by atoms with E-state index in [1.165, 1.54) is 61.1 Å². The Hall–Kier alpha value is -11.3. The Kier molecular flexibility index (Phi) is 23.5. The van der Waals surface area contributed by atoms with E-state index in [4.69, 9.17) is 26.7 Å². The van der Waals surface area contributed by atoms with E-state index in [9.17, 15) is 61.5 Å². The number of pyridine rings is 2. The number of aromatic amines is 1. The minimum atomic E-state index is -4.21. The Labute approximate surface area is 598 Å². The molecular weight excluding hydrogens is 1370 g/mol. The molecule has 103 heavy (non-hydrogen) atoms. The molecule has 8 amide bonds. The summed E-state index contributed by atoms with van der Waals surface area (Å²) in [6.07, 6.45) is 3.83. The average molecular weight is 1450 g/mol. The summed E-state index contributed by atoms with van der Waals surface area (Å²) in [5.41, 5.74) is 1.93. The maximum atomic E-state index is 14.5. The van der Waals surface area contributed by atoms with Gasteiger partial charge in [0.2, 0.25) is 29.2 Å². The van der Waals surface area contributed by atoms with Gasteiger partial charge < -0.3 is 76.9 Å². The largest absolute Gasteiger partial charge is 0.481 e. The number of carbonyl (C=O) groups is 9. The van der Waals surface area contributed by atoms with Gasteiger partial charge in [-0.15, -0.1) is 0 Å². The van der Waals surface area contributed by atoms with Crippen molar-refractivity contribution in [3.8, 4) is 11.4 Å². The first-order chi connectivity index (χ1) is 49.2. The molecule has 1 fully saturated rings. The maximum Gasteiger partial charge on any atom is 0.355 e. The van der Waals surface area contributed by atoms with Crippen molar-refractivity contribution in [2.75, 3.05) is 40.3 Å². The number of carboxylic acid groups (broad SMARTS) is 1. The van der Waals surface area contributed by atoms with Crippen molar-refractivity contribution in [1.82, 2.24) is 56.3 Å². The number of urea groups is 2. The normalized spacial score (nSPS) is 16.3. The highest BCUT2D eigenvalue weighted by molar-refractivity contribution is 7.92. The zero-order valence-corrected chi connectivity index (χ0v) is 59.0. The number of hydrogen-bond donors (Lipinski definition) is 12. The SMILES string of the molecule is CCCNC(=O)Nc1cccc(S(=O)(=O)Nc2cccc(C(CC(=O)O)NC(=O)Nc3ccc(NC(=S)N4CCC[C@@H]4C(=O)N[C@@H](CC(C)C)C(=O)NCC(=O)N[C@H](Cc4c[nH]cn4)C(=O)N[C@@H](C(=O)O[C@@]4(CC)C(=O)OCc5c4cc4n(c5=O)Cc5cc6ccccc6nc5-4)C(C)C)cc3)c2)c1. The third-order valence-electron chi connectivity index (χ3n) is 17.6. The number of anilines is 4. The third kappa shape index (κ3) is 17.9. The molecule has 0 bridgehead atoms. The zero-order valence-electron chi connectivity index (χ0n) is 57.3. The third-order valence-corrected chi connectivity index (χ3v) is 19.3. The quantitative estimate of drug-likeness (QED) is 0.0186. The summed E-state index contributed by atoms with van der Waals surface area (Å²) in [6.45, 7) is 10.5. The highest BCUT2D eigenvalue weighted by atomic mass is 32.2. The van der Waals surface area contributed by atoms with Crippen molar-refractivity contribution in [3.05, 3.63) is 160 Å². The predicted octanol–water partition coefficient (Wildman–Crippen LogP) is 6.40. The molecule has 0 radical (unpaired) electrons. The highest BCUT2D eigenvalue weighted by Gasteiger charge is 2.52. The molecule has 30 nitrogen and oxygen atoms in total. The van der Waals surface area contributed by atoms with E-state index in [-0.39, 0.29) is 76.4 Å². The summed E-state index contributed by atoms with van der Waals surface area (Å²) < 4.78 is 42.7. The molecule has 10 rings (SSSR count). The lowest BCUT2D eigenvalue weighted by Crippen LogP contribution is -2.57. The predicted molar refractivity (Wildman–Crippen MR) is 384 cm³/mol. The van der Waals surface area contributed by atoms with Gasteiger partial charge in [-0.1, -0.05) is 77.9 Å². The maximum absolute atomic E-state index is 14.5. The number of aliphatic carboxylic acids is 1. The van der Waals surface area contributed by atoms with Gasteiger partial charge in [-0.2, -0.15) is 0 Å². The molecule has 7 aromatic rings. The Morgan fingerprint density at radius 3 is 2.23 bits per heavy atom. The number of H-pyrrole nitrogens is 1. The van der Waals surface area contributed by atoms with Crippen molar-refractivity contribution in [2.24, 2.45) is 11.8 Å². The number of nitrogens with zero attached hydrogens (tertiary/aromatic N) is 4. The van der Waals surface area contributed by atoms with Gasteiger partial charge in [0.05, 0.1) is 64.9 Å². The van der Waals surface area contributed by atoms with Crippen molar-refractivity contribution in [3.63, 3.8) is 0 Å². The Balaban J connectivity index is 0.729. The van der Waals surface area contributed by atoms with Gasteiger partial charge in [-0.25, -0.2) is 37.6 Å². The second-order valence-electron chi connectivity index (χ2n) is 26.0. The first kappa shape index (κ1) is 74.4. The molecule has 0 aliphatic carbocycles. The summed E-state index contributed by atoms with van der Waals surface area (Å²) in [5.74, 6) is -6.78. The second-order valence-corrected chi connectivity index (χ2v) is 28.0. The fourth-order valence-corrected chi connectivity index (χ4v) is 13.9. The number of aromatic nitrogens is 4. The molecular formula is C71H81N15O15S2. The minimum Gasteiger partial charge on any atom is -0.481 e. The Morgan fingerprint density at radius 1 is 0.796 bits per heavy atom. The molecule has 1 unspecified atom stereocenters. The number of cyclic esters (lactones) is 1. The van der Waals surface area contributed by atoms with Gasteiger partial charge in [0.25, 0.3) is 15.6 Å². The van der Waals surface area contributed by atoms with Crippen LogP contribution in [-0.4, -0.2) is 140 Å². The molecule has 3 aliphatic heterocycles. The zero-order chi connectivity index (χ0) is 73.9. The van der Waals surface area contributed by atoms with Crippen LogP contribution in [-0.2, 0) is 78.2 Å². The molecule has 542 valence electrons. The highest BCUT2D eigenvalue weighted by Crippen LogP contribution is 2.42. The lowest BCUT2D eigenvalue weighted by molar-refractivity contribution is -0.191. The number of imidazole rings is 1. The van der Waals surface area contributed by atoms with Gasteiger partial charge in [0, 0.05) is 65.0 Å². The van der Waals surface area contributed by atoms with Crippen molar-refractivity contribution >= 4 is 115 Å². The number of carboxylic acids is 1. The van der Waals surface area contributed by atoms with Gasteiger partial charge in [-0.3, -0.25) is 33.5 Å². The van der Waals surface area contributed by atoms with Crippen LogP contribution in [0.15, 0.2) is 131 Å². The number of likely N-dealkylation sites (tertiary alicyclic amines) is 1.